The van der Waals surface area contributed by atoms with Crippen LogP contribution in [0.2, 0.25) is 5.15 Å². The molecule has 0 amide bonds. The predicted molar refractivity (Wildman–Crippen MR) is 78.7 cm³/mol. The fourth-order valence-corrected chi connectivity index (χ4v) is 3.92. The molecule has 3 rings (SSSR count). The van der Waals surface area contributed by atoms with Crippen LogP contribution in [0.15, 0.2) is 6.07 Å². The summed E-state index contributed by atoms with van der Waals surface area (Å²) in [5.74, 6) is 0.949. The van der Waals surface area contributed by atoms with Crippen LogP contribution in [0.1, 0.15) is 19.3 Å². The summed E-state index contributed by atoms with van der Waals surface area (Å²) in [4.78, 5) is 10.4. The van der Waals surface area contributed by atoms with Crippen LogP contribution in [-0.4, -0.2) is 53.1 Å². The molecule has 2 fully saturated rings. The number of halogens is 1. The topological polar surface area (TPSA) is 78.7 Å². The Labute approximate surface area is 128 Å². The predicted octanol–water partition coefficient (Wildman–Crippen LogP) is 1.10. The summed E-state index contributed by atoms with van der Waals surface area (Å²) in [7, 11) is 1.50. The number of anilines is 1. The zero-order chi connectivity index (χ0) is 15.0. The minimum atomic E-state index is -0.0425. The fourth-order valence-electron chi connectivity index (χ4n) is 3.75. The normalized spacial score (nSPS) is 31.5. The van der Waals surface area contributed by atoms with Crippen molar-refractivity contribution in [3.63, 3.8) is 0 Å². The minimum Gasteiger partial charge on any atom is -0.467 e. The van der Waals surface area contributed by atoms with Gasteiger partial charge in [-0.1, -0.05) is 11.6 Å². The summed E-state index contributed by atoms with van der Waals surface area (Å²) in [6, 6.07) is 1.88. The third kappa shape index (κ3) is 2.45. The molecule has 1 saturated carbocycles. The third-order valence-electron chi connectivity index (χ3n) is 4.89. The lowest BCUT2D eigenvalue weighted by Gasteiger charge is -2.42. The number of aliphatic hydroxyl groups is 2. The number of hydrogen-bond acceptors (Lipinski definition) is 6. The summed E-state index contributed by atoms with van der Waals surface area (Å²) in [6.07, 6.45) is 3.01. The number of nitrogens with zero attached hydrogens (tertiary/aromatic N) is 3. The number of methoxy groups -OCH3 is 1. The van der Waals surface area contributed by atoms with E-state index in [2.05, 4.69) is 14.9 Å². The Morgan fingerprint density at radius 2 is 2.24 bits per heavy atom. The van der Waals surface area contributed by atoms with Crippen LogP contribution in [0.3, 0.4) is 0 Å². The average Bonchev–Trinajstić information content (AvgIpc) is 3.19. The lowest BCUT2D eigenvalue weighted by molar-refractivity contribution is 0.152. The Morgan fingerprint density at radius 3 is 2.86 bits per heavy atom. The molecule has 1 aromatic heterocycles. The van der Waals surface area contributed by atoms with Crippen LogP contribution in [0.4, 0.5) is 5.82 Å². The maximum atomic E-state index is 9.88. The first kappa shape index (κ1) is 14.8. The van der Waals surface area contributed by atoms with Crippen molar-refractivity contribution in [1.29, 1.82) is 0 Å². The summed E-state index contributed by atoms with van der Waals surface area (Å²) >= 11 is 6.02. The van der Waals surface area contributed by atoms with E-state index in [4.69, 9.17) is 16.3 Å². The van der Waals surface area contributed by atoms with Gasteiger partial charge >= 0.3 is 6.01 Å². The van der Waals surface area contributed by atoms with E-state index in [9.17, 15) is 10.2 Å². The number of ether oxygens (including phenoxy) is 1. The molecule has 1 spiro atoms. The first-order valence-corrected chi connectivity index (χ1v) is 7.59. The first-order chi connectivity index (χ1) is 10.1. The van der Waals surface area contributed by atoms with Gasteiger partial charge in [-0.25, -0.2) is 0 Å². The van der Waals surface area contributed by atoms with Crippen molar-refractivity contribution in [3.8, 4) is 6.01 Å². The van der Waals surface area contributed by atoms with Gasteiger partial charge in [-0.3, -0.25) is 0 Å². The Hall–Kier alpha value is -1.11. The van der Waals surface area contributed by atoms with Crippen molar-refractivity contribution in [2.75, 3.05) is 31.8 Å². The van der Waals surface area contributed by atoms with Crippen molar-refractivity contribution in [2.24, 2.45) is 11.3 Å². The van der Waals surface area contributed by atoms with E-state index < -0.39 is 0 Å². The van der Waals surface area contributed by atoms with Crippen LogP contribution in [-0.2, 0) is 0 Å². The highest BCUT2D eigenvalue weighted by atomic mass is 35.5. The Morgan fingerprint density at radius 1 is 1.43 bits per heavy atom. The minimum absolute atomic E-state index is 0.00636. The van der Waals surface area contributed by atoms with Crippen molar-refractivity contribution in [3.05, 3.63) is 11.2 Å². The van der Waals surface area contributed by atoms with Crippen LogP contribution < -0.4 is 9.64 Å². The number of aliphatic hydroxyl groups excluding tert-OH is 2. The van der Waals surface area contributed by atoms with E-state index in [-0.39, 0.29) is 36.6 Å². The molecule has 2 N–H and O–H groups in total. The van der Waals surface area contributed by atoms with Crippen LogP contribution in [0.25, 0.3) is 0 Å². The Balaban J connectivity index is 1.92. The average molecular weight is 314 g/mol. The van der Waals surface area contributed by atoms with Crippen molar-refractivity contribution >= 4 is 17.4 Å². The van der Waals surface area contributed by atoms with Gasteiger partial charge in [-0.05, 0) is 30.6 Å². The summed E-state index contributed by atoms with van der Waals surface area (Å²) in [5.41, 5.74) is 0.00636. The molecule has 2 aliphatic rings. The molecule has 21 heavy (non-hydrogen) atoms. The zero-order valence-electron chi connectivity index (χ0n) is 12.0. The molecule has 1 aliphatic carbocycles. The van der Waals surface area contributed by atoms with E-state index in [1.54, 1.807) is 6.07 Å². The van der Waals surface area contributed by atoms with Crippen LogP contribution in [0, 0.1) is 11.3 Å². The molecule has 1 saturated heterocycles. The van der Waals surface area contributed by atoms with Gasteiger partial charge in [0.2, 0.25) is 0 Å². The highest BCUT2D eigenvalue weighted by molar-refractivity contribution is 6.29. The number of rotatable bonds is 4. The van der Waals surface area contributed by atoms with Crippen LogP contribution in [0.5, 0.6) is 6.01 Å². The molecule has 3 atom stereocenters. The standard InChI is InChI=1S/C14H20ClN3O3/c1-21-13-16-11(15)5-12(17-13)18-4-2-3-14(10(18)8-20)6-9(14)7-19/h5,9-10,19-20H,2-4,6-8H2,1H3. The zero-order valence-corrected chi connectivity index (χ0v) is 12.8. The van der Waals surface area contributed by atoms with E-state index in [1.807, 2.05) is 0 Å². The molecule has 3 unspecified atom stereocenters. The van der Waals surface area contributed by atoms with Crippen molar-refractivity contribution < 1.29 is 14.9 Å². The number of aromatic nitrogens is 2. The van der Waals surface area contributed by atoms with Crippen molar-refractivity contribution in [2.45, 2.75) is 25.3 Å². The van der Waals surface area contributed by atoms with E-state index in [1.165, 1.54) is 7.11 Å². The molecule has 6 nitrogen and oxygen atoms in total. The van der Waals surface area contributed by atoms with Gasteiger partial charge in [-0.2, -0.15) is 9.97 Å². The lowest BCUT2D eigenvalue weighted by atomic mass is 9.84. The van der Waals surface area contributed by atoms with Gasteiger partial charge in [0.1, 0.15) is 11.0 Å². The number of hydrogen-bond donors (Lipinski definition) is 2. The largest absolute Gasteiger partial charge is 0.467 e. The third-order valence-corrected chi connectivity index (χ3v) is 5.09. The van der Waals surface area contributed by atoms with Gasteiger partial charge in [-0.15, -0.1) is 0 Å². The Bertz CT molecular complexity index is 530. The van der Waals surface area contributed by atoms with Gasteiger partial charge in [0.15, 0.2) is 0 Å². The smallest absolute Gasteiger partial charge is 0.319 e. The first-order valence-electron chi connectivity index (χ1n) is 7.21. The van der Waals surface area contributed by atoms with Gasteiger partial charge < -0.3 is 19.8 Å². The van der Waals surface area contributed by atoms with Crippen LogP contribution >= 0.6 is 11.6 Å². The molecule has 0 radical (unpaired) electrons. The van der Waals surface area contributed by atoms with Crippen molar-refractivity contribution in [1.82, 2.24) is 9.97 Å². The summed E-state index contributed by atoms with van der Waals surface area (Å²) < 4.78 is 5.07. The summed E-state index contributed by atoms with van der Waals surface area (Å²) in [5, 5.41) is 19.7. The Kier molecular flexibility index (Phi) is 3.94. The highest BCUT2D eigenvalue weighted by Crippen LogP contribution is 2.61. The molecule has 2 heterocycles. The molecular weight excluding hydrogens is 294 g/mol. The van der Waals surface area contributed by atoms with E-state index in [0.29, 0.717) is 11.0 Å². The second kappa shape index (κ2) is 5.59. The molecule has 7 heteroatoms. The van der Waals surface area contributed by atoms with E-state index in [0.717, 1.165) is 25.8 Å². The van der Waals surface area contributed by atoms with Gasteiger partial charge in [0.05, 0.1) is 19.8 Å². The molecule has 1 aromatic rings. The maximum absolute atomic E-state index is 9.88. The van der Waals surface area contributed by atoms with Gasteiger partial charge in [0, 0.05) is 19.2 Å². The molecule has 116 valence electrons. The molecular formula is C14H20ClN3O3. The molecule has 1 aliphatic heterocycles. The van der Waals surface area contributed by atoms with Gasteiger partial charge in [0.25, 0.3) is 0 Å². The second-order valence-electron chi connectivity index (χ2n) is 5.85. The number of piperidine rings is 1. The summed E-state index contributed by atoms with van der Waals surface area (Å²) in [6.45, 7) is 1.03. The molecule has 0 bridgehead atoms. The fraction of sp³-hybridized carbons (Fsp3) is 0.714. The van der Waals surface area contributed by atoms with E-state index >= 15 is 0 Å². The quantitative estimate of drug-likeness (QED) is 0.810. The maximum Gasteiger partial charge on any atom is 0.319 e. The lowest BCUT2D eigenvalue weighted by Crippen LogP contribution is -2.50. The monoisotopic (exact) mass is 313 g/mol. The highest BCUT2D eigenvalue weighted by Gasteiger charge is 2.60. The molecule has 0 aromatic carbocycles. The SMILES string of the molecule is COc1nc(Cl)cc(N2CCCC3(CC3CO)C2CO)n1. The second-order valence-corrected chi connectivity index (χ2v) is 6.23.